The second kappa shape index (κ2) is 6.86. The molecular weight excluding hydrogens is 262 g/mol. The molecule has 1 aromatic rings. The first-order chi connectivity index (χ1) is 9.24. The molecule has 0 saturated carbocycles. The molecule has 5 nitrogen and oxygen atoms in total. The van der Waals surface area contributed by atoms with Crippen LogP contribution >= 0.6 is 11.3 Å². The highest BCUT2D eigenvalue weighted by molar-refractivity contribution is 7.15. The van der Waals surface area contributed by atoms with Gasteiger partial charge in [-0.3, -0.25) is 9.69 Å². The minimum atomic E-state index is -0.0866. The molecule has 1 N–H and O–H groups in total. The number of ether oxygens (including phenoxy) is 1. The summed E-state index contributed by atoms with van der Waals surface area (Å²) >= 11 is 1.66. The van der Waals surface area contributed by atoms with Crippen molar-refractivity contribution in [1.29, 1.82) is 0 Å². The van der Waals surface area contributed by atoms with Gasteiger partial charge in [0.2, 0.25) is 0 Å². The highest BCUT2D eigenvalue weighted by Crippen LogP contribution is 2.25. The average Bonchev–Trinajstić information content (AvgIpc) is 3.00. The predicted molar refractivity (Wildman–Crippen MR) is 76.3 cm³/mol. The molecule has 0 spiro atoms. The van der Waals surface area contributed by atoms with Gasteiger partial charge in [-0.1, -0.05) is 0 Å². The van der Waals surface area contributed by atoms with Gasteiger partial charge in [-0.15, -0.1) is 11.3 Å². The van der Waals surface area contributed by atoms with Gasteiger partial charge in [-0.25, -0.2) is 4.98 Å². The van der Waals surface area contributed by atoms with E-state index in [0.717, 1.165) is 37.6 Å². The lowest BCUT2D eigenvalue weighted by Gasteiger charge is -2.21. The van der Waals surface area contributed by atoms with Gasteiger partial charge < -0.3 is 10.1 Å². The first-order valence-corrected chi connectivity index (χ1v) is 7.65. The van der Waals surface area contributed by atoms with Crippen molar-refractivity contribution in [2.45, 2.75) is 39.3 Å². The number of nitrogens with zero attached hydrogens (tertiary/aromatic N) is 2. The largest absolute Gasteiger partial charge is 0.465 e. The summed E-state index contributed by atoms with van der Waals surface area (Å²) in [6.07, 6.45) is 3.85. The van der Waals surface area contributed by atoms with Gasteiger partial charge in [0.15, 0.2) is 5.13 Å². The lowest BCUT2D eigenvalue weighted by molar-refractivity contribution is -0.148. The summed E-state index contributed by atoms with van der Waals surface area (Å²) in [5, 5.41) is 4.15. The number of rotatable bonds is 6. The highest BCUT2D eigenvalue weighted by atomic mass is 32.1. The molecule has 106 valence electrons. The number of nitrogens with one attached hydrogen (secondary N) is 1. The van der Waals surface area contributed by atoms with Crippen LogP contribution in [0.1, 0.15) is 31.6 Å². The fourth-order valence-electron chi connectivity index (χ4n) is 2.33. The number of carbonyl (C=O) groups is 1. The fourth-order valence-corrected chi connectivity index (χ4v) is 3.24. The van der Waals surface area contributed by atoms with E-state index in [9.17, 15) is 4.79 Å². The minimum absolute atomic E-state index is 0.0790. The summed E-state index contributed by atoms with van der Waals surface area (Å²) in [6.45, 7) is 6.97. The Hall–Kier alpha value is -1.14. The van der Waals surface area contributed by atoms with Crippen LogP contribution in [0.25, 0.3) is 0 Å². The standard InChI is InChI=1S/C13H21N3O2S/c1-3-14-13-15-8-10(19-13)9-16-7-5-6-11(16)12(17)18-4-2/h8,11H,3-7,9H2,1-2H3,(H,14,15). The Morgan fingerprint density at radius 1 is 1.63 bits per heavy atom. The third-order valence-electron chi connectivity index (χ3n) is 3.16. The third kappa shape index (κ3) is 3.67. The van der Waals surface area contributed by atoms with E-state index in [1.54, 1.807) is 11.3 Å². The van der Waals surface area contributed by atoms with Gasteiger partial charge in [0.1, 0.15) is 6.04 Å². The number of esters is 1. The van der Waals surface area contributed by atoms with Gasteiger partial charge in [0.25, 0.3) is 0 Å². The zero-order chi connectivity index (χ0) is 13.7. The molecule has 6 heteroatoms. The Labute approximate surface area is 118 Å². The molecule has 0 aliphatic carbocycles. The topological polar surface area (TPSA) is 54.5 Å². The van der Waals surface area contributed by atoms with Crippen molar-refractivity contribution >= 4 is 22.4 Å². The minimum Gasteiger partial charge on any atom is -0.465 e. The number of hydrogen-bond acceptors (Lipinski definition) is 6. The molecule has 0 bridgehead atoms. The number of thiazole rings is 1. The van der Waals surface area contributed by atoms with E-state index in [2.05, 4.69) is 22.1 Å². The molecule has 19 heavy (non-hydrogen) atoms. The van der Waals surface area contributed by atoms with E-state index in [-0.39, 0.29) is 12.0 Å². The van der Waals surface area contributed by atoms with Crippen molar-refractivity contribution in [2.24, 2.45) is 0 Å². The molecule has 1 aliphatic rings. The zero-order valence-corrected chi connectivity index (χ0v) is 12.3. The van der Waals surface area contributed by atoms with Crippen LogP contribution in [0.2, 0.25) is 0 Å². The number of hydrogen-bond donors (Lipinski definition) is 1. The van der Waals surface area contributed by atoms with E-state index < -0.39 is 0 Å². The maximum atomic E-state index is 11.9. The van der Waals surface area contributed by atoms with Crippen LogP contribution in [-0.2, 0) is 16.1 Å². The third-order valence-corrected chi connectivity index (χ3v) is 4.10. The van der Waals surface area contributed by atoms with E-state index in [1.165, 1.54) is 4.88 Å². The monoisotopic (exact) mass is 283 g/mol. The van der Waals surface area contributed by atoms with Gasteiger partial charge >= 0.3 is 5.97 Å². The van der Waals surface area contributed by atoms with Gasteiger partial charge in [0.05, 0.1) is 6.61 Å². The Kier molecular flexibility index (Phi) is 5.15. The van der Waals surface area contributed by atoms with E-state index >= 15 is 0 Å². The first kappa shape index (κ1) is 14.3. The summed E-state index contributed by atoms with van der Waals surface area (Å²) in [5.41, 5.74) is 0. The van der Waals surface area contributed by atoms with Crippen LogP contribution in [0.5, 0.6) is 0 Å². The highest BCUT2D eigenvalue weighted by Gasteiger charge is 2.31. The smallest absolute Gasteiger partial charge is 0.323 e. The Bertz CT molecular complexity index is 422. The summed E-state index contributed by atoms with van der Waals surface area (Å²) in [5.74, 6) is -0.0866. The van der Waals surface area contributed by atoms with Crippen LogP contribution < -0.4 is 5.32 Å². The second-order valence-corrected chi connectivity index (χ2v) is 5.66. The molecule has 1 atom stereocenters. The van der Waals surface area contributed by atoms with Crippen molar-refractivity contribution in [3.05, 3.63) is 11.1 Å². The van der Waals surface area contributed by atoms with E-state index in [4.69, 9.17) is 4.74 Å². The Morgan fingerprint density at radius 3 is 3.21 bits per heavy atom. The maximum Gasteiger partial charge on any atom is 0.323 e. The van der Waals surface area contributed by atoms with E-state index in [1.807, 2.05) is 13.1 Å². The summed E-state index contributed by atoms with van der Waals surface area (Å²) in [7, 11) is 0. The van der Waals surface area contributed by atoms with Gasteiger partial charge in [0, 0.05) is 24.2 Å². The van der Waals surface area contributed by atoms with Crippen molar-refractivity contribution < 1.29 is 9.53 Å². The quantitative estimate of drug-likeness (QED) is 0.810. The van der Waals surface area contributed by atoms with Crippen molar-refractivity contribution in [2.75, 3.05) is 25.0 Å². The lowest BCUT2D eigenvalue weighted by atomic mass is 10.2. The van der Waals surface area contributed by atoms with Crippen LogP contribution in [0, 0.1) is 0 Å². The maximum absolute atomic E-state index is 11.9. The SMILES string of the molecule is CCNc1ncc(CN2CCCC2C(=O)OCC)s1. The first-order valence-electron chi connectivity index (χ1n) is 6.83. The Morgan fingerprint density at radius 2 is 2.47 bits per heavy atom. The number of anilines is 1. The van der Waals surface area contributed by atoms with Crippen LogP contribution in [-0.4, -0.2) is 41.6 Å². The molecule has 1 saturated heterocycles. The van der Waals surface area contributed by atoms with Crippen molar-refractivity contribution in [3.63, 3.8) is 0 Å². The van der Waals surface area contributed by atoms with Crippen LogP contribution in [0.3, 0.4) is 0 Å². The van der Waals surface area contributed by atoms with Crippen molar-refractivity contribution in [3.8, 4) is 0 Å². The summed E-state index contributed by atoms with van der Waals surface area (Å²) < 4.78 is 5.13. The second-order valence-electron chi connectivity index (χ2n) is 4.54. The Balaban J connectivity index is 1.94. The predicted octanol–water partition coefficient (Wildman–Crippen LogP) is 2.10. The lowest BCUT2D eigenvalue weighted by Crippen LogP contribution is -2.36. The van der Waals surface area contributed by atoms with Gasteiger partial charge in [-0.05, 0) is 33.2 Å². The van der Waals surface area contributed by atoms with Gasteiger partial charge in [-0.2, -0.15) is 0 Å². The normalized spacial score (nSPS) is 19.6. The zero-order valence-electron chi connectivity index (χ0n) is 11.5. The molecule has 0 aromatic carbocycles. The molecule has 2 rings (SSSR count). The molecular formula is C13H21N3O2S. The molecule has 1 aliphatic heterocycles. The van der Waals surface area contributed by atoms with Crippen molar-refractivity contribution in [1.82, 2.24) is 9.88 Å². The molecule has 0 amide bonds. The number of carbonyl (C=O) groups excluding carboxylic acids is 1. The van der Waals surface area contributed by atoms with Crippen LogP contribution in [0.15, 0.2) is 6.20 Å². The molecule has 1 unspecified atom stereocenters. The molecule has 2 heterocycles. The van der Waals surface area contributed by atoms with Crippen LogP contribution in [0.4, 0.5) is 5.13 Å². The number of aromatic nitrogens is 1. The number of likely N-dealkylation sites (tertiary alicyclic amines) is 1. The summed E-state index contributed by atoms with van der Waals surface area (Å²) in [4.78, 5) is 19.6. The average molecular weight is 283 g/mol. The molecule has 1 fully saturated rings. The summed E-state index contributed by atoms with van der Waals surface area (Å²) in [6, 6.07) is -0.0790. The molecule has 1 aromatic heterocycles. The van der Waals surface area contributed by atoms with E-state index in [0.29, 0.717) is 6.61 Å². The molecule has 0 radical (unpaired) electrons. The fraction of sp³-hybridized carbons (Fsp3) is 0.692.